The van der Waals surface area contributed by atoms with Gasteiger partial charge in [0.15, 0.2) is 0 Å². The number of ether oxygens (including phenoxy) is 2. The third kappa shape index (κ3) is 6.02. The summed E-state index contributed by atoms with van der Waals surface area (Å²) in [5.41, 5.74) is 2.62. The van der Waals surface area contributed by atoms with Crippen molar-refractivity contribution in [3.05, 3.63) is 54.6 Å². The van der Waals surface area contributed by atoms with E-state index in [-0.39, 0.29) is 5.91 Å². The molecule has 0 aromatic heterocycles. The zero-order chi connectivity index (χ0) is 17.2. The van der Waals surface area contributed by atoms with Gasteiger partial charge < -0.3 is 20.1 Å². The van der Waals surface area contributed by atoms with E-state index < -0.39 is 6.10 Å². The number of anilines is 3. The zero-order valence-corrected chi connectivity index (χ0v) is 14.1. The van der Waals surface area contributed by atoms with Crippen LogP contribution in [0.1, 0.15) is 13.8 Å². The summed E-state index contributed by atoms with van der Waals surface area (Å²) >= 11 is 0. The maximum Gasteiger partial charge on any atom is 0.253 e. The molecule has 0 saturated heterocycles. The highest BCUT2D eigenvalue weighted by molar-refractivity contribution is 5.94. The molecule has 0 fully saturated rings. The molecule has 0 spiro atoms. The normalized spacial score (nSPS) is 11.8. The Morgan fingerprint density at radius 2 is 1.71 bits per heavy atom. The summed E-state index contributed by atoms with van der Waals surface area (Å²) in [5, 5.41) is 6.16. The van der Waals surface area contributed by atoms with Gasteiger partial charge in [0.25, 0.3) is 5.91 Å². The lowest BCUT2D eigenvalue weighted by molar-refractivity contribution is -0.127. The van der Waals surface area contributed by atoms with E-state index in [0.717, 1.165) is 17.1 Å². The van der Waals surface area contributed by atoms with Crippen LogP contribution >= 0.6 is 0 Å². The smallest absolute Gasteiger partial charge is 0.253 e. The molecule has 0 heterocycles. The Balaban J connectivity index is 1.88. The van der Waals surface area contributed by atoms with Gasteiger partial charge >= 0.3 is 0 Å². The number of hydrogen-bond donors (Lipinski definition) is 2. The van der Waals surface area contributed by atoms with Crippen LogP contribution in [0.3, 0.4) is 0 Å². The molecule has 5 nitrogen and oxygen atoms in total. The maximum absolute atomic E-state index is 12.1. The summed E-state index contributed by atoms with van der Waals surface area (Å²) in [5.74, 6) is -0.177. The molecule has 0 aliphatic carbocycles. The standard InChI is InChI=1S/C19H24N2O3/c1-3-23-12-13-24-15(2)19(22)21-18-11-7-10-17(14-18)20-16-8-5-4-6-9-16/h4-11,14-15,20H,3,12-13H2,1-2H3,(H,21,22)/t15-/m0/s1. The van der Waals surface area contributed by atoms with Gasteiger partial charge in [-0.15, -0.1) is 0 Å². The van der Waals surface area contributed by atoms with Crippen LogP contribution in [0.15, 0.2) is 54.6 Å². The van der Waals surface area contributed by atoms with Gasteiger partial charge in [-0.2, -0.15) is 0 Å². The average Bonchev–Trinajstić information content (AvgIpc) is 2.59. The first-order valence-corrected chi connectivity index (χ1v) is 8.11. The van der Waals surface area contributed by atoms with E-state index in [2.05, 4.69) is 10.6 Å². The molecule has 2 aromatic carbocycles. The van der Waals surface area contributed by atoms with Crippen molar-refractivity contribution in [1.29, 1.82) is 0 Å². The van der Waals surface area contributed by atoms with Crippen LogP contribution in [-0.2, 0) is 14.3 Å². The number of amides is 1. The van der Waals surface area contributed by atoms with E-state index in [9.17, 15) is 4.79 Å². The van der Waals surface area contributed by atoms with Gasteiger partial charge in [-0.3, -0.25) is 4.79 Å². The Morgan fingerprint density at radius 1 is 1.00 bits per heavy atom. The van der Waals surface area contributed by atoms with Crippen LogP contribution in [0.2, 0.25) is 0 Å². The van der Waals surface area contributed by atoms with Crippen LogP contribution in [-0.4, -0.2) is 31.8 Å². The number of carbonyl (C=O) groups is 1. The number of benzene rings is 2. The van der Waals surface area contributed by atoms with Crippen LogP contribution < -0.4 is 10.6 Å². The fraction of sp³-hybridized carbons (Fsp3) is 0.316. The van der Waals surface area contributed by atoms with Gasteiger partial charge in [-0.25, -0.2) is 0 Å². The number of rotatable bonds is 9. The van der Waals surface area contributed by atoms with Gasteiger partial charge in [-0.05, 0) is 44.2 Å². The van der Waals surface area contributed by atoms with E-state index in [0.29, 0.717) is 19.8 Å². The monoisotopic (exact) mass is 328 g/mol. The van der Waals surface area contributed by atoms with Crippen LogP contribution in [0.5, 0.6) is 0 Å². The first-order valence-electron chi connectivity index (χ1n) is 8.11. The molecule has 2 N–H and O–H groups in total. The third-order valence-corrected chi connectivity index (χ3v) is 3.36. The lowest BCUT2D eigenvalue weighted by atomic mass is 10.2. The molecule has 1 atom stereocenters. The van der Waals surface area contributed by atoms with E-state index in [1.54, 1.807) is 6.92 Å². The Bertz CT molecular complexity index is 632. The molecule has 0 saturated carbocycles. The minimum atomic E-state index is -0.531. The first kappa shape index (κ1) is 18.0. The Morgan fingerprint density at radius 3 is 2.46 bits per heavy atom. The number of hydrogen-bond acceptors (Lipinski definition) is 4. The predicted octanol–water partition coefficient (Wildman–Crippen LogP) is 3.81. The summed E-state index contributed by atoms with van der Waals surface area (Å²) in [6, 6.07) is 17.4. The molecule has 1 amide bonds. The molecule has 0 bridgehead atoms. The lowest BCUT2D eigenvalue weighted by Crippen LogP contribution is -2.28. The lowest BCUT2D eigenvalue weighted by Gasteiger charge is -2.14. The van der Waals surface area contributed by atoms with Gasteiger partial charge in [-0.1, -0.05) is 24.3 Å². The topological polar surface area (TPSA) is 59.6 Å². The second-order valence-electron chi connectivity index (χ2n) is 5.27. The molecule has 0 aliphatic rings. The predicted molar refractivity (Wildman–Crippen MR) is 96.7 cm³/mol. The maximum atomic E-state index is 12.1. The van der Waals surface area contributed by atoms with Gasteiger partial charge in [0.1, 0.15) is 6.10 Å². The molecular weight excluding hydrogens is 304 g/mol. The summed E-state index contributed by atoms with van der Waals surface area (Å²) < 4.78 is 10.6. The Hall–Kier alpha value is -2.37. The van der Waals surface area contributed by atoms with Gasteiger partial charge in [0, 0.05) is 23.7 Å². The van der Waals surface area contributed by atoms with Crippen molar-refractivity contribution in [2.75, 3.05) is 30.5 Å². The zero-order valence-electron chi connectivity index (χ0n) is 14.1. The summed E-state index contributed by atoms with van der Waals surface area (Å²) in [6.07, 6.45) is -0.531. The van der Waals surface area contributed by atoms with E-state index >= 15 is 0 Å². The van der Waals surface area contributed by atoms with Crippen molar-refractivity contribution in [1.82, 2.24) is 0 Å². The third-order valence-electron chi connectivity index (χ3n) is 3.36. The van der Waals surface area contributed by atoms with Crippen molar-refractivity contribution in [3.63, 3.8) is 0 Å². The minimum absolute atomic E-state index is 0.177. The number of carbonyl (C=O) groups excluding carboxylic acids is 1. The number of nitrogens with one attached hydrogen (secondary N) is 2. The Kier molecular flexibility index (Phi) is 7.26. The largest absolute Gasteiger partial charge is 0.379 e. The molecular formula is C19H24N2O3. The highest BCUT2D eigenvalue weighted by Crippen LogP contribution is 2.20. The van der Waals surface area contributed by atoms with Crippen LogP contribution in [0.4, 0.5) is 17.1 Å². The highest BCUT2D eigenvalue weighted by Gasteiger charge is 2.13. The fourth-order valence-corrected chi connectivity index (χ4v) is 2.11. The van der Waals surface area contributed by atoms with Crippen LogP contribution in [0.25, 0.3) is 0 Å². The molecule has 128 valence electrons. The second kappa shape index (κ2) is 9.70. The van der Waals surface area contributed by atoms with E-state index in [1.807, 2.05) is 61.5 Å². The SMILES string of the molecule is CCOCCO[C@@H](C)C(=O)Nc1cccc(Nc2ccccc2)c1. The van der Waals surface area contributed by atoms with Gasteiger partial charge in [0.2, 0.25) is 0 Å². The fourth-order valence-electron chi connectivity index (χ4n) is 2.11. The molecule has 2 aromatic rings. The molecule has 2 rings (SSSR count). The van der Waals surface area contributed by atoms with E-state index in [4.69, 9.17) is 9.47 Å². The van der Waals surface area contributed by atoms with Crippen molar-refractivity contribution in [3.8, 4) is 0 Å². The van der Waals surface area contributed by atoms with Gasteiger partial charge in [0.05, 0.1) is 13.2 Å². The summed E-state index contributed by atoms with van der Waals surface area (Å²) in [4.78, 5) is 12.1. The van der Waals surface area contributed by atoms with Crippen LogP contribution in [0, 0.1) is 0 Å². The quantitative estimate of drug-likeness (QED) is 0.687. The molecule has 0 aliphatic heterocycles. The molecule has 0 unspecified atom stereocenters. The summed E-state index contributed by atoms with van der Waals surface area (Å²) in [7, 11) is 0. The Labute approximate surface area is 143 Å². The van der Waals surface area contributed by atoms with Crippen molar-refractivity contribution < 1.29 is 14.3 Å². The second-order valence-corrected chi connectivity index (χ2v) is 5.27. The molecule has 24 heavy (non-hydrogen) atoms. The first-order chi connectivity index (χ1) is 11.7. The summed E-state index contributed by atoms with van der Waals surface area (Å²) in [6.45, 7) is 5.19. The minimum Gasteiger partial charge on any atom is -0.379 e. The highest BCUT2D eigenvalue weighted by atomic mass is 16.5. The molecule has 5 heteroatoms. The molecule has 0 radical (unpaired) electrons. The van der Waals surface area contributed by atoms with Crippen molar-refractivity contribution in [2.45, 2.75) is 20.0 Å². The average molecular weight is 328 g/mol. The van der Waals surface area contributed by atoms with Crippen molar-refractivity contribution >= 4 is 23.0 Å². The number of para-hydroxylation sites is 1. The van der Waals surface area contributed by atoms with Crippen molar-refractivity contribution in [2.24, 2.45) is 0 Å². The van der Waals surface area contributed by atoms with E-state index in [1.165, 1.54) is 0 Å².